The van der Waals surface area contributed by atoms with Crippen molar-refractivity contribution in [3.05, 3.63) is 34.9 Å². The number of hydrogen-bond acceptors (Lipinski definition) is 3. The van der Waals surface area contributed by atoms with E-state index < -0.39 is 9.84 Å². The summed E-state index contributed by atoms with van der Waals surface area (Å²) < 4.78 is 23.0. The maximum Gasteiger partial charge on any atom is 0.151 e. The van der Waals surface area contributed by atoms with Crippen LogP contribution in [0.15, 0.2) is 18.2 Å². The molecule has 0 radical (unpaired) electrons. The Labute approximate surface area is 97.6 Å². The standard InChI is InChI=1S/C12H19NO2S/c1-10-4-3-5-12(11(10)2)6-8-16(14,15)9-7-13/h3-5H,6-9,13H2,1-2H3. The number of nitrogens with two attached hydrogens (primary N) is 1. The summed E-state index contributed by atoms with van der Waals surface area (Å²) in [6.45, 7) is 4.27. The quantitative estimate of drug-likeness (QED) is 0.843. The van der Waals surface area contributed by atoms with E-state index >= 15 is 0 Å². The van der Waals surface area contributed by atoms with Gasteiger partial charge >= 0.3 is 0 Å². The predicted octanol–water partition coefficient (Wildman–Crippen LogP) is 1.22. The molecule has 0 atom stereocenters. The topological polar surface area (TPSA) is 60.2 Å². The molecule has 0 heterocycles. The van der Waals surface area contributed by atoms with Crippen LogP contribution in [0, 0.1) is 13.8 Å². The Balaban J connectivity index is 2.72. The fourth-order valence-electron chi connectivity index (χ4n) is 1.63. The second-order valence-electron chi connectivity index (χ2n) is 4.05. The highest BCUT2D eigenvalue weighted by atomic mass is 32.2. The van der Waals surface area contributed by atoms with Crippen LogP contribution in [0.4, 0.5) is 0 Å². The number of sulfone groups is 1. The third kappa shape index (κ3) is 3.61. The number of hydrogen-bond donors (Lipinski definition) is 1. The molecule has 1 aromatic rings. The molecule has 3 nitrogen and oxygen atoms in total. The molecule has 0 saturated carbocycles. The lowest BCUT2D eigenvalue weighted by atomic mass is 10.0. The van der Waals surface area contributed by atoms with Crippen molar-refractivity contribution in [1.82, 2.24) is 0 Å². The number of benzene rings is 1. The Morgan fingerprint density at radius 2 is 1.88 bits per heavy atom. The van der Waals surface area contributed by atoms with E-state index in [0.29, 0.717) is 6.42 Å². The van der Waals surface area contributed by atoms with Gasteiger partial charge in [0.2, 0.25) is 0 Å². The molecule has 0 aliphatic carbocycles. The smallest absolute Gasteiger partial charge is 0.151 e. The van der Waals surface area contributed by atoms with Crippen LogP contribution in [0.25, 0.3) is 0 Å². The summed E-state index contributed by atoms with van der Waals surface area (Å²) in [5, 5.41) is 0. The van der Waals surface area contributed by atoms with Crippen LogP contribution >= 0.6 is 0 Å². The van der Waals surface area contributed by atoms with E-state index in [1.165, 1.54) is 11.1 Å². The molecule has 1 rings (SSSR count). The molecule has 0 unspecified atom stereocenters. The van der Waals surface area contributed by atoms with Crippen LogP contribution in [-0.2, 0) is 16.3 Å². The molecule has 0 fully saturated rings. The van der Waals surface area contributed by atoms with E-state index in [1.807, 2.05) is 32.0 Å². The summed E-state index contributed by atoms with van der Waals surface area (Å²) in [5.74, 6) is 0.270. The van der Waals surface area contributed by atoms with Gasteiger partial charge in [-0.25, -0.2) is 8.42 Å². The van der Waals surface area contributed by atoms with Gasteiger partial charge in [0.05, 0.1) is 11.5 Å². The van der Waals surface area contributed by atoms with Crippen LogP contribution in [0.2, 0.25) is 0 Å². The highest BCUT2D eigenvalue weighted by molar-refractivity contribution is 7.91. The van der Waals surface area contributed by atoms with Gasteiger partial charge in [0.25, 0.3) is 0 Å². The molecule has 0 aliphatic heterocycles. The Hall–Kier alpha value is -0.870. The molecule has 16 heavy (non-hydrogen) atoms. The lowest BCUT2D eigenvalue weighted by Gasteiger charge is -2.08. The molecule has 4 heteroatoms. The molecule has 0 aromatic heterocycles. The first-order valence-corrected chi connectivity index (χ1v) is 7.24. The van der Waals surface area contributed by atoms with Crippen LogP contribution in [-0.4, -0.2) is 26.5 Å². The largest absolute Gasteiger partial charge is 0.329 e. The molecule has 0 bridgehead atoms. The lowest BCUT2D eigenvalue weighted by Crippen LogP contribution is -2.19. The molecular formula is C12H19NO2S. The molecule has 1 aromatic carbocycles. The summed E-state index contributed by atoms with van der Waals surface area (Å²) in [4.78, 5) is 0. The fraction of sp³-hybridized carbons (Fsp3) is 0.500. The predicted molar refractivity (Wildman–Crippen MR) is 67.3 cm³/mol. The Morgan fingerprint density at radius 3 is 2.50 bits per heavy atom. The Bertz CT molecular complexity index is 452. The summed E-state index contributed by atoms with van der Waals surface area (Å²) in [6.07, 6.45) is 0.579. The van der Waals surface area contributed by atoms with Crippen molar-refractivity contribution in [2.24, 2.45) is 5.73 Å². The molecule has 0 spiro atoms. The van der Waals surface area contributed by atoms with Gasteiger partial charge in [-0.1, -0.05) is 18.2 Å². The third-order valence-corrected chi connectivity index (χ3v) is 4.51. The molecule has 0 aliphatic rings. The van der Waals surface area contributed by atoms with Crippen LogP contribution in [0.5, 0.6) is 0 Å². The minimum Gasteiger partial charge on any atom is -0.329 e. The van der Waals surface area contributed by atoms with Gasteiger partial charge in [-0.05, 0) is 37.0 Å². The van der Waals surface area contributed by atoms with E-state index in [9.17, 15) is 8.42 Å². The molecule has 2 N–H and O–H groups in total. The molecular weight excluding hydrogens is 222 g/mol. The highest BCUT2D eigenvalue weighted by Crippen LogP contribution is 2.13. The maximum absolute atomic E-state index is 11.5. The number of rotatable bonds is 5. The summed E-state index contributed by atoms with van der Waals surface area (Å²) in [6, 6.07) is 5.99. The molecule has 0 saturated heterocycles. The van der Waals surface area contributed by atoms with Crippen molar-refractivity contribution < 1.29 is 8.42 Å². The fourth-order valence-corrected chi connectivity index (χ4v) is 2.72. The van der Waals surface area contributed by atoms with E-state index in [0.717, 1.165) is 5.56 Å². The van der Waals surface area contributed by atoms with Crippen molar-refractivity contribution in [3.63, 3.8) is 0 Å². The van der Waals surface area contributed by atoms with Gasteiger partial charge in [-0.3, -0.25) is 0 Å². The van der Waals surface area contributed by atoms with E-state index in [2.05, 4.69) is 0 Å². The number of aryl methyl sites for hydroxylation is 2. The highest BCUT2D eigenvalue weighted by Gasteiger charge is 2.10. The first-order valence-electron chi connectivity index (χ1n) is 5.42. The summed E-state index contributed by atoms with van der Waals surface area (Å²) >= 11 is 0. The second-order valence-corrected chi connectivity index (χ2v) is 6.35. The van der Waals surface area contributed by atoms with Crippen molar-refractivity contribution in [3.8, 4) is 0 Å². The monoisotopic (exact) mass is 241 g/mol. The zero-order valence-electron chi connectivity index (χ0n) is 9.86. The first kappa shape index (κ1) is 13.2. The average Bonchev–Trinajstić information content (AvgIpc) is 2.20. The maximum atomic E-state index is 11.5. The van der Waals surface area contributed by atoms with E-state index in [1.54, 1.807) is 0 Å². The van der Waals surface area contributed by atoms with Gasteiger partial charge in [0, 0.05) is 6.54 Å². The second kappa shape index (κ2) is 5.46. The minimum absolute atomic E-state index is 0.0812. The van der Waals surface area contributed by atoms with Gasteiger partial charge in [0.1, 0.15) is 0 Å². The van der Waals surface area contributed by atoms with Crippen molar-refractivity contribution in [2.45, 2.75) is 20.3 Å². The van der Waals surface area contributed by atoms with Crippen molar-refractivity contribution in [1.29, 1.82) is 0 Å². The van der Waals surface area contributed by atoms with Crippen LogP contribution in [0.3, 0.4) is 0 Å². The third-order valence-electron chi connectivity index (χ3n) is 2.83. The Morgan fingerprint density at radius 1 is 1.19 bits per heavy atom. The molecule has 0 amide bonds. The lowest BCUT2D eigenvalue weighted by molar-refractivity contribution is 0.595. The van der Waals surface area contributed by atoms with Gasteiger partial charge in [-0.15, -0.1) is 0 Å². The molecule has 90 valence electrons. The summed E-state index contributed by atoms with van der Waals surface area (Å²) in [5.41, 5.74) is 8.76. The minimum atomic E-state index is -2.98. The van der Waals surface area contributed by atoms with Gasteiger partial charge in [0.15, 0.2) is 9.84 Å². The van der Waals surface area contributed by atoms with E-state index in [4.69, 9.17) is 5.73 Å². The average molecular weight is 241 g/mol. The Kier molecular flexibility index (Phi) is 4.50. The van der Waals surface area contributed by atoms with Gasteiger partial charge < -0.3 is 5.73 Å². The zero-order chi connectivity index (χ0) is 12.2. The normalized spacial score (nSPS) is 11.7. The van der Waals surface area contributed by atoms with Crippen molar-refractivity contribution >= 4 is 9.84 Å². The first-order chi connectivity index (χ1) is 7.46. The van der Waals surface area contributed by atoms with Crippen molar-refractivity contribution in [2.75, 3.05) is 18.1 Å². The SMILES string of the molecule is Cc1cccc(CCS(=O)(=O)CCN)c1C. The van der Waals surface area contributed by atoms with E-state index in [-0.39, 0.29) is 18.1 Å². The van der Waals surface area contributed by atoms with Gasteiger partial charge in [-0.2, -0.15) is 0 Å². The van der Waals surface area contributed by atoms with Crippen LogP contribution in [0.1, 0.15) is 16.7 Å². The zero-order valence-corrected chi connectivity index (χ0v) is 10.7. The summed E-state index contributed by atoms with van der Waals surface area (Å²) in [7, 11) is -2.98. The van der Waals surface area contributed by atoms with Crippen LogP contribution < -0.4 is 5.73 Å².